The first-order valence-electron chi connectivity index (χ1n) is 5.16. The summed E-state index contributed by atoms with van der Waals surface area (Å²) in [6, 6.07) is 7.50. The number of thioether (sulfide) groups is 1. The number of rotatable bonds is 4. The van der Waals surface area contributed by atoms with Crippen LogP contribution in [0.5, 0.6) is 0 Å². The Balaban J connectivity index is 2.16. The Labute approximate surface area is 108 Å². The first-order chi connectivity index (χ1) is 8.74. The van der Waals surface area contributed by atoms with Crippen molar-refractivity contribution in [2.24, 2.45) is 0 Å². The molecule has 0 saturated heterocycles. The van der Waals surface area contributed by atoms with Crippen molar-refractivity contribution in [2.45, 2.75) is 5.25 Å². The van der Waals surface area contributed by atoms with Gasteiger partial charge in [0.1, 0.15) is 10.8 Å². The van der Waals surface area contributed by atoms with Crippen molar-refractivity contribution in [1.29, 1.82) is 5.26 Å². The third kappa shape index (κ3) is 2.63. The molecule has 0 saturated carbocycles. The van der Waals surface area contributed by atoms with Gasteiger partial charge in [0, 0.05) is 0 Å². The second-order valence-corrected chi connectivity index (χ2v) is 4.57. The van der Waals surface area contributed by atoms with Crippen molar-refractivity contribution in [3.8, 4) is 6.07 Å². The number of nitriles is 1. The molecule has 0 fully saturated rings. The van der Waals surface area contributed by atoms with Crippen molar-refractivity contribution >= 4 is 28.8 Å². The fourth-order valence-corrected chi connectivity index (χ4v) is 2.29. The number of aromatic nitrogens is 1. The van der Waals surface area contributed by atoms with Crippen LogP contribution < -0.4 is 0 Å². The molecule has 0 aliphatic heterocycles. The third-order valence-corrected chi connectivity index (χ3v) is 3.48. The van der Waals surface area contributed by atoms with Crippen LogP contribution >= 0.6 is 11.8 Å². The van der Waals surface area contributed by atoms with E-state index in [0.29, 0.717) is 11.1 Å². The summed E-state index contributed by atoms with van der Waals surface area (Å²) in [6.45, 7) is 0. The lowest BCUT2D eigenvalue weighted by molar-refractivity contribution is -0.137. The number of benzene rings is 1. The minimum absolute atomic E-state index is 0.144. The topological polar surface area (TPSA) is 76.1 Å². The van der Waals surface area contributed by atoms with Crippen LogP contribution in [-0.2, 0) is 9.53 Å². The molecule has 0 amide bonds. The normalized spacial score (nSPS) is 12.0. The van der Waals surface area contributed by atoms with Gasteiger partial charge >= 0.3 is 5.97 Å². The van der Waals surface area contributed by atoms with Gasteiger partial charge in [0.25, 0.3) is 0 Å². The lowest BCUT2D eigenvalue weighted by Crippen LogP contribution is -2.05. The molecule has 1 atom stereocenters. The summed E-state index contributed by atoms with van der Waals surface area (Å²) in [5.41, 5.74) is 2.17. The standard InChI is InChI=1S/C12H10N2O3S/c1-16-12(15)6-18-11(5-13)8-2-3-10-9(4-8)14-7-17-10/h2-4,7,11H,6H2,1H3. The maximum absolute atomic E-state index is 11.1. The second kappa shape index (κ2) is 5.56. The monoisotopic (exact) mass is 262 g/mol. The van der Waals surface area contributed by atoms with Crippen LogP contribution in [0.3, 0.4) is 0 Å². The van der Waals surface area contributed by atoms with Gasteiger partial charge in [-0.2, -0.15) is 5.26 Å². The molecule has 2 aromatic rings. The number of carbonyl (C=O) groups is 1. The Kier molecular flexibility index (Phi) is 3.85. The molecule has 0 bridgehead atoms. The van der Waals surface area contributed by atoms with Gasteiger partial charge in [-0.25, -0.2) is 4.98 Å². The molecule has 1 aromatic heterocycles. The van der Waals surface area contributed by atoms with E-state index in [9.17, 15) is 4.79 Å². The van der Waals surface area contributed by atoms with Crippen molar-refractivity contribution in [3.05, 3.63) is 30.2 Å². The van der Waals surface area contributed by atoms with Gasteiger partial charge in [0.15, 0.2) is 12.0 Å². The quantitative estimate of drug-likeness (QED) is 0.787. The molecule has 1 unspecified atom stereocenters. The van der Waals surface area contributed by atoms with Gasteiger partial charge in [-0.15, -0.1) is 11.8 Å². The van der Waals surface area contributed by atoms with Crippen LogP contribution in [0.15, 0.2) is 29.0 Å². The molecular formula is C12H10N2O3S. The highest BCUT2D eigenvalue weighted by Gasteiger charge is 2.14. The van der Waals surface area contributed by atoms with Crippen LogP contribution in [0.2, 0.25) is 0 Å². The zero-order chi connectivity index (χ0) is 13.0. The summed E-state index contributed by atoms with van der Waals surface area (Å²) in [5.74, 6) is -0.200. The number of hydrogen-bond donors (Lipinski definition) is 0. The molecular weight excluding hydrogens is 252 g/mol. The fraction of sp³-hybridized carbons (Fsp3) is 0.250. The molecule has 1 heterocycles. The van der Waals surface area contributed by atoms with E-state index >= 15 is 0 Å². The number of ether oxygens (including phenoxy) is 1. The number of esters is 1. The molecule has 0 aliphatic rings. The summed E-state index contributed by atoms with van der Waals surface area (Å²) < 4.78 is 9.67. The van der Waals surface area contributed by atoms with Crippen molar-refractivity contribution in [1.82, 2.24) is 4.98 Å². The number of methoxy groups -OCH3 is 1. The smallest absolute Gasteiger partial charge is 0.315 e. The molecule has 0 aliphatic carbocycles. The first kappa shape index (κ1) is 12.5. The molecule has 5 nitrogen and oxygen atoms in total. The van der Waals surface area contributed by atoms with Crippen molar-refractivity contribution in [3.63, 3.8) is 0 Å². The molecule has 0 N–H and O–H groups in total. The molecule has 0 spiro atoms. The summed E-state index contributed by atoms with van der Waals surface area (Å²) in [4.78, 5) is 15.1. The lowest BCUT2D eigenvalue weighted by atomic mass is 10.1. The van der Waals surface area contributed by atoms with Crippen LogP contribution in [0.25, 0.3) is 11.1 Å². The van der Waals surface area contributed by atoms with Gasteiger partial charge in [-0.3, -0.25) is 4.79 Å². The van der Waals surface area contributed by atoms with Gasteiger partial charge in [0.05, 0.1) is 18.9 Å². The Morgan fingerprint density at radius 3 is 3.22 bits per heavy atom. The van der Waals surface area contributed by atoms with E-state index in [-0.39, 0.29) is 11.7 Å². The summed E-state index contributed by atoms with van der Waals surface area (Å²) >= 11 is 1.22. The average molecular weight is 262 g/mol. The largest absolute Gasteiger partial charge is 0.468 e. The van der Waals surface area contributed by atoms with Crippen LogP contribution in [0.1, 0.15) is 10.8 Å². The van der Waals surface area contributed by atoms with Crippen LogP contribution in [0.4, 0.5) is 0 Å². The molecule has 0 radical (unpaired) electrons. The van der Waals surface area contributed by atoms with E-state index in [4.69, 9.17) is 9.68 Å². The second-order valence-electron chi connectivity index (χ2n) is 3.48. The Bertz CT molecular complexity index is 603. The predicted molar refractivity (Wildman–Crippen MR) is 66.8 cm³/mol. The number of fused-ring (bicyclic) bond motifs is 1. The number of oxazole rings is 1. The summed E-state index contributed by atoms with van der Waals surface area (Å²) in [7, 11) is 1.33. The third-order valence-electron chi connectivity index (χ3n) is 2.37. The predicted octanol–water partition coefficient (Wildman–Crippen LogP) is 2.30. The molecule has 6 heteroatoms. The first-order valence-corrected chi connectivity index (χ1v) is 6.20. The molecule has 18 heavy (non-hydrogen) atoms. The highest BCUT2D eigenvalue weighted by molar-refractivity contribution is 8.00. The maximum atomic E-state index is 11.1. The zero-order valence-corrected chi connectivity index (χ0v) is 10.4. The highest BCUT2D eigenvalue weighted by atomic mass is 32.2. The summed E-state index contributed by atoms with van der Waals surface area (Å²) in [6.07, 6.45) is 1.36. The highest BCUT2D eigenvalue weighted by Crippen LogP contribution is 2.29. The molecule has 1 aromatic carbocycles. The fourth-order valence-electron chi connectivity index (χ4n) is 1.46. The van der Waals surface area contributed by atoms with Gasteiger partial charge in [0.2, 0.25) is 0 Å². The molecule has 2 rings (SSSR count). The van der Waals surface area contributed by atoms with E-state index in [1.807, 2.05) is 0 Å². The van der Waals surface area contributed by atoms with Crippen LogP contribution in [0, 0.1) is 11.3 Å². The van der Waals surface area contributed by atoms with E-state index in [2.05, 4.69) is 15.8 Å². The minimum Gasteiger partial charge on any atom is -0.468 e. The summed E-state index contributed by atoms with van der Waals surface area (Å²) in [5, 5.41) is 8.70. The zero-order valence-electron chi connectivity index (χ0n) is 9.62. The van der Waals surface area contributed by atoms with E-state index in [0.717, 1.165) is 5.56 Å². The lowest BCUT2D eigenvalue weighted by Gasteiger charge is -2.07. The minimum atomic E-state index is -0.426. The van der Waals surface area contributed by atoms with E-state index in [1.54, 1.807) is 18.2 Å². The maximum Gasteiger partial charge on any atom is 0.315 e. The number of carbonyl (C=O) groups excluding carboxylic acids is 1. The van der Waals surface area contributed by atoms with Gasteiger partial charge in [-0.05, 0) is 17.7 Å². The Morgan fingerprint density at radius 1 is 1.67 bits per heavy atom. The van der Waals surface area contributed by atoms with Crippen LogP contribution in [-0.4, -0.2) is 23.8 Å². The Hall–Kier alpha value is -2.00. The number of hydrogen-bond acceptors (Lipinski definition) is 6. The average Bonchev–Trinajstić information content (AvgIpc) is 2.86. The van der Waals surface area contributed by atoms with E-state index < -0.39 is 5.25 Å². The SMILES string of the molecule is COC(=O)CSC(C#N)c1ccc2ocnc2c1. The van der Waals surface area contributed by atoms with Crippen molar-refractivity contribution < 1.29 is 13.9 Å². The van der Waals surface area contributed by atoms with Gasteiger partial charge < -0.3 is 9.15 Å². The molecule has 92 valence electrons. The Morgan fingerprint density at radius 2 is 2.50 bits per heavy atom. The van der Waals surface area contributed by atoms with Gasteiger partial charge in [-0.1, -0.05) is 6.07 Å². The number of nitrogens with zero attached hydrogens (tertiary/aromatic N) is 2. The van der Waals surface area contributed by atoms with E-state index in [1.165, 1.54) is 25.3 Å². The van der Waals surface area contributed by atoms with Crippen molar-refractivity contribution in [2.75, 3.05) is 12.9 Å².